The number of fused-ring (bicyclic) bond motifs is 6. The van der Waals surface area contributed by atoms with E-state index in [-0.39, 0.29) is 5.41 Å². The molecule has 9 aromatic rings. The first kappa shape index (κ1) is 30.0. The van der Waals surface area contributed by atoms with E-state index in [9.17, 15) is 0 Å². The third-order valence-corrected chi connectivity index (χ3v) is 11.6. The fourth-order valence-corrected chi connectivity index (χ4v) is 9.35. The quantitative estimate of drug-likeness (QED) is 0.176. The summed E-state index contributed by atoms with van der Waals surface area (Å²) in [7, 11) is 0. The number of aromatic nitrogens is 1. The summed E-state index contributed by atoms with van der Waals surface area (Å²) in [6.45, 7) is 4.85. The molecule has 11 rings (SSSR count). The maximum atomic E-state index is 2.54. The average Bonchev–Trinajstić information content (AvgIpc) is 3.63. The van der Waals surface area contributed by atoms with E-state index in [1.54, 1.807) is 0 Å². The van der Waals surface area contributed by atoms with Gasteiger partial charge in [0.25, 0.3) is 0 Å². The summed E-state index contributed by atoms with van der Waals surface area (Å²) in [5, 5.41) is 2.60. The van der Waals surface area contributed by atoms with Gasteiger partial charge in [0.2, 0.25) is 0 Å². The first-order valence-corrected chi connectivity index (χ1v) is 18.5. The van der Waals surface area contributed by atoms with Crippen LogP contribution in [0.3, 0.4) is 0 Å². The summed E-state index contributed by atoms with van der Waals surface area (Å²) < 4.78 is 2.54. The van der Waals surface area contributed by atoms with Gasteiger partial charge in [0, 0.05) is 38.7 Å². The van der Waals surface area contributed by atoms with E-state index in [0.717, 1.165) is 11.4 Å². The van der Waals surface area contributed by atoms with Crippen molar-refractivity contribution >= 4 is 38.9 Å². The van der Waals surface area contributed by atoms with Gasteiger partial charge in [-0.1, -0.05) is 147 Å². The highest BCUT2D eigenvalue weighted by Crippen LogP contribution is 2.61. The average molecular weight is 677 g/mol. The molecule has 0 fully saturated rings. The van der Waals surface area contributed by atoms with Gasteiger partial charge in [-0.3, -0.25) is 0 Å². The van der Waals surface area contributed by atoms with Gasteiger partial charge in [-0.25, -0.2) is 0 Å². The zero-order valence-electron chi connectivity index (χ0n) is 29.7. The molecule has 0 saturated carbocycles. The maximum absolute atomic E-state index is 2.54. The predicted octanol–water partition coefficient (Wildman–Crippen LogP) is 13.9. The molecule has 53 heavy (non-hydrogen) atoms. The molecule has 0 N–H and O–H groups in total. The molecule has 2 heterocycles. The predicted molar refractivity (Wildman–Crippen MR) is 223 cm³/mol. The van der Waals surface area contributed by atoms with Crippen molar-refractivity contribution in [1.82, 2.24) is 4.57 Å². The fraction of sp³-hybridized carbons (Fsp3) is 0.0588. The third kappa shape index (κ3) is 4.27. The van der Waals surface area contributed by atoms with Crippen LogP contribution in [0.2, 0.25) is 0 Å². The van der Waals surface area contributed by atoms with Crippen LogP contribution in [-0.4, -0.2) is 4.57 Å². The minimum Gasteiger partial charge on any atom is -0.310 e. The molecule has 0 amide bonds. The second-order valence-electron chi connectivity index (χ2n) is 14.9. The van der Waals surface area contributed by atoms with E-state index >= 15 is 0 Å². The number of hydrogen-bond acceptors (Lipinski definition) is 1. The van der Waals surface area contributed by atoms with Crippen molar-refractivity contribution in [3.63, 3.8) is 0 Å². The van der Waals surface area contributed by atoms with E-state index in [0.29, 0.717) is 0 Å². The highest BCUT2D eigenvalue weighted by atomic mass is 15.1. The maximum Gasteiger partial charge on any atom is 0.0623 e. The van der Waals surface area contributed by atoms with Crippen molar-refractivity contribution in [2.75, 3.05) is 4.90 Å². The van der Waals surface area contributed by atoms with Gasteiger partial charge in [-0.2, -0.15) is 0 Å². The lowest BCUT2D eigenvalue weighted by Crippen LogP contribution is -2.21. The van der Waals surface area contributed by atoms with Crippen molar-refractivity contribution in [1.29, 1.82) is 0 Å². The van der Waals surface area contributed by atoms with Crippen LogP contribution in [0.4, 0.5) is 17.1 Å². The van der Waals surface area contributed by atoms with Crippen molar-refractivity contribution in [2.24, 2.45) is 0 Å². The Morgan fingerprint density at radius 2 is 1.08 bits per heavy atom. The monoisotopic (exact) mass is 676 g/mol. The fourth-order valence-electron chi connectivity index (χ4n) is 9.35. The molecule has 250 valence electrons. The molecule has 0 spiro atoms. The van der Waals surface area contributed by atoms with Gasteiger partial charge in [0.15, 0.2) is 0 Å². The lowest BCUT2D eigenvalue weighted by molar-refractivity contribution is 0.661. The molecule has 1 aliphatic heterocycles. The van der Waals surface area contributed by atoms with E-state index in [1.165, 1.54) is 88.8 Å². The van der Waals surface area contributed by atoms with E-state index in [1.807, 2.05) is 0 Å². The number of rotatable bonds is 5. The van der Waals surface area contributed by atoms with Gasteiger partial charge in [0.05, 0.1) is 22.4 Å². The highest BCUT2D eigenvalue weighted by Gasteiger charge is 2.43. The van der Waals surface area contributed by atoms with E-state index in [2.05, 4.69) is 205 Å². The molecular weight excluding hydrogens is 641 g/mol. The first-order valence-electron chi connectivity index (χ1n) is 18.5. The smallest absolute Gasteiger partial charge is 0.0623 e. The van der Waals surface area contributed by atoms with Crippen LogP contribution >= 0.6 is 0 Å². The Hall–Kier alpha value is -6.64. The topological polar surface area (TPSA) is 8.17 Å². The van der Waals surface area contributed by atoms with Crippen LogP contribution in [0.15, 0.2) is 182 Å². The molecule has 2 aliphatic rings. The molecule has 1 aromatic heterocycles. The zero-order valence-corrected chi connectivity index (χ0v) is 29.7. The first-order chi connectivity index (χ1) is 26.1. The van der Waals surface area contributed by atoms with Crippen LogP contribution in [0.1, 0.15) is 25.0 Å². The Bertz CT molecular complexity index is 2840. The molecule has 0 saturated heterocycles. The SMILES string of the molecule is CC1(C)c2ccc3c4ccccc4n4c3c2-c2c(ccc(N(c3ccccc3)c3cc(-c5ccccc5)cc(-c5ccccc5)c3)c21)-c1ccccc1-4. The summed E-state index contributed by atoms with van der Waals surface area (Å²) >= 11 is 0. The van der Waals surface area contributed by atoms with Gasteiger partial charge in [-0.05, 0) is 93.0 Å². The van der Waals surface area contributed by atoms with Crippen molar-refractivity contribution < 1.29 is 0 Å². The van der Waals surface area contributed by atoms with Crippen LogP contribution < -0.4 is 4.90 Å². The van der Waals surface area contributed by atoms with E-state index < -0.39 is 0 Å². The summed E-state index contributed by atoms with van der Waals surface area (Å²) in [4.78, 5) is 2.51. The van der Waals surface area contributed by atoms with Gasteiger partial charge in [-0.15, -0.1) is 0 Å². The summed E-state index contributed by atoms with van der Waals surface area (Å²) in [6.07, 6.45) is 0. The van der Waals surface area contributed by atoms with Crippen LogP contribution in [0, 0.1) is 0 Å². The Balaban J connectivity index is 1.26. The van der Waals surface area contributed by atoms with Gasteiger partial charge >= 0.3 is 0 Å². The second kappa shape index (κ2) is 11.2. The lowest BCUT2D eigenvalue weighted by Gasteiger charge is -2.33. The second-order valence-corrected chi connectivity index (χ2v) is 14.9. The number of anilines is 3. The largest absolute Gasteiger partial charge is 0.310 e. The van der Waals surface area contributed by atoms with Crippen LogP contribution in [0.5, 0.6) is 0 Å². The molecular formula is C51H36N2. The van der Waals surface area contributed by atoms with Crippen molar-refractivity contribution in [2.45, 2.75) is 19.3 Å². The highest BCUT2D eigenvalue weighted by molar-refractivity contribution is 6.19. The standard InChI is InChI=1S/C51H36N2/c1-51(2)43-28-26-42-40-23-13-15-25-45(40)53-44-24-14-12-22-39(44)41-27-29-46(49(51)47(41)48(43)50(42)53)52(37-20-10-5-11-21-37)38-31-35(33-16-6-3-7-17-33)30-36(32-38)34-18-8-4-9-19-34/h3-32H,1-2H3. The Morgan fingerprint density at radius 3 is 1.79 bits per heavy atom. The summed E-state index contributed by atoms with van der Waals surface area (Å²) in [6, 6.07) is 67.0. The third-order valence-electron chi connectivity index (χ3n) is 11.6. The molecule has 0 radical (unpaired) electrons. The molecule has 0 atom stereocenters. The molecule has 8 aromatic carbocycles. The summed E-state index contributed by atoms with van der Waals surface area (Å²) in [5.41, 5.74) is 19.8. The molecule has 2 heteroatoms. The molecule has 1 aliphatic carbocycles. The Morgan fingerprint density at radius 1 is 0.453 bits per heavy atom. The normalized spacial score (nSPS) is 13.2. The van der Waals surface area contributed by atoms with Gasteiger partial charge in [0.1, 0.15) is 0 Å². The minimum absolute atomic E-state index is 0.274. The van der Waals surface area contributed by atoms with E-state index in [4.69, 9.17) is 0 Å². The van der Waals surface area contributed by atoms with Crippen LogP contribution in [-0.2, 0) is 5.41 Å². The number of benzene rings is 8. The number of para-hydroxylation sites is 3. The Kier molecular flexibility index (Phi) is 6.33. The van der Waals surface area contributed by atoms with Crippen molar-refractivity contribution in [3.05, 3.63) is 193 Å². The van der Waals surface area contributed by atoms with Crippen LogP contribution in [0.25, 0.3) is 72.0 Å². The van der Waals surface area contributed by atoms with Crippen molar-refractivity contribution in [3.8, 4) is 50.2 Å². The molecule has 0 unspecified atom stereocenters. The lowest BCUT2D eigenvalue weighted by atomic mass is 9.80. The zero-order chi connectivity index (χ0) is 35.3. The van der Waals surface area contributed by atoms with Gasteiger partial charge < -0.3 is 9.47 Å². The summed E-state index contributed by atoms with van der Waals surface area (Å²) in [5.74, 6) is 0. The number of hydrogen-bond donors (Lipinski definition) is 0. The molecule has 0 bridgehead atoms. The molecule has 2 nitrogen and oxygen atoms in total. The minimum atomic E-state index is -0.274. The number of nitrogens with zero attached hydrogens (tertiary/aromatic N) is 2. The Labute approximate surface area is 309 Å².